The summed E-state index contributed by atoms with van der Waals surface area (Å²) in [5, 5.41) is 0. The first-order chi connectivity index (χ1) is 16.0. The fourth-order valence-electron chi connectivity index (χ4n) is 5.54. The van der Waals surface area contributed by atoms with E-state index in [2.05, 4.69) is 64.4 Å². The molecule has 174 valence electrons. The number of carbonyl (C=O) groups is 2. The number of hydrogen-bond donors (Lipinski definition) is 0. The van der Waals surface area contributed by atoms with Crippen molar-refractivity contribution >= 4 is 17.5 Å². The number of carbonyl (C=O) groups excluding carboxylic acids is 2. The Morgan fingerprint density at radius 1 is 0.848 bits per heavy atom. The fraction of sp³-hybridized carbons (Fsp3) is 0.500. The average Bonchev–Trinajstić information content (AvgIpc) is 3.53. The molecule has 3 aliphatic rings. The number of hydrogen-bond acceptors (Lipinski definition) is 3. The van der Waals surface area contributed by atoms with Crippen molar-refractivity contribution in [1.82, 2.24) is 9.80 Å². The van der Waals surface area contributed by atoms with Crippen LogP contribution in [0.15, 0.2) is 54.6 Å². The summed E-state index contributed by atoms with van der Waals surface area (Å²) in [5.74, 6) is 1.07. The van der Waals surface area contributed by atoms with Crippen LogP contribution in [0.3, 0.4) is 0 Å². The number of benzene rings is 2. The van der Waals surface area contributed by atoms with Gasteiger partial charge in [0.05, 0.1) is 5.41 Å². The Hall–Kier alpha value is -2.82. The first-order valence-electron chi connectivity index (χ1n) is 12.5. The third kappa shape index (κ3) is 4.25. The second-order valence-electron chi connectivity index (χ2n) is 10.2. The topological polar surface area (TPSA) is 43.9 Å². The minimum absolute atomic E-state index is 0.0571. The highest BCUT2D eigenvalue weighted by molar-refractivity contribution is 5.91. The van der Waals surface area contributed by atoms with Crippen LogP contribution in [-0.2, 0) is 15.0 Å². The van der Waals surface area contributed by atoms with Crippen LogP contribution >= 0.6 is 0 Å². The van der Waals surface area contributed by atoms with Crippen LogP contribution in [0.1, 0.15) is 50.2 Å². The number of piperazine rings is 1. The van der Waals surface area contributed by atoms with Gasteiger partial charge < -0.3 is 14.7 Å². The van der Waals surface area contributed by atoms with Crippen molar-refractivity contribution in [3.63, 3.8) is 0 Å². The SMILES string of the molecule is CC(C)C(=O)N1CCN(c2ccc(C3(C(=O)N4CCC(c5ccccc5)C4)CC3)cc2)CC1. The molecule has 0 N–H and O–H groups in total. The molecule has 5 rings (SSSR count). The lowest BCUT2D eigenvalue weighted by molar-refractivity contribution is -0.135. The molecule has 0 radical (unpaired) electrons. The Labute approximate surface area is 197 Å². The zero-order valence-corrected chi connectivity index (χ0v) is 19.9. The smallest absolute Gasteiger partial charge is 0.233 e. The molecule has 0 spiro atoms. The van der Waals surface area contributed by atoms with E-state index in [1.54, 1.807) is 0 Å². The maximum absolute atomic E-state index is 13.5. The molecule has 1 atom stereocenters. The molecule has 0 bridgehead atoms. The Bertz CT molecular complexity index is 990. The van der Waals surface area contributed by atoms with Gasteiger partial charge in [0.2, 0.25) is 11.8 Å². The zero-order chi connectivity index (χ0) is 23.0. The van der Waals surface area contributed by atoms with Crippen molar-refractivity contribution < 1.29 is 9.59 Å². The van der Waals surface area contributed by atoms with Crippen LogP contribution in [0, 0.1) is 5.92 Å². The first-order valence-corrected chi connectivity index (χ1v) is 12.5. The lowest BCUT2D eigenvalue weighted by Gasteiger charge is -2.37. The zero-order valence-electron chi connectivity index (χ0n) is 19.9. The lowest BCUT2D eigenvalue weighted by Crippen LogP contribution is -2.49. The van der Waals surface area contributed by atoms with Gasteiger partial charge in [-0.25, -0.2) is 0 Å². The van der Waals surface area contributed by atoms with Gasteiger partial charge in [-0.2, -0.15) is 0 Å². The minimum Gasteiger partial charge on any atom is -0.368 e. The van der Waals surface area contributed by atoms with Crippen molar-refractivity contribution in [1.29, 1.82) is 0 Å². The second-order valence-corrected chi connectivity index (χ2v) is 10.2. The summed E-state index contributed by atoms with van der Waals surface area (Å²) in [7, 11) is 0. The van der Waals surface area contributed by atoms with Crippen molar-refractivity contribution in [3.05, 3.63) is 65.7 Å². The molecular weight excluding hydrogens is 410 g/mol. The third-order valence-corrected chi connectivity index (χ3v) is 7.78. The molecule has 5 nitrogen and oxygen atoms in total. The molecule has 2 aromatic rings. The van der Waals surface area contributed by atoms with Gasteiger partial charge in [-0.3, -0.25) is 9.59 Å². The van der Waals surface area contributed by atoms with E-state index < -0.39 is 0 Å². The van der Waals surface area contributed by atoms with Gasteiger partial charge in [0.1, 0.15) is 0 Å². The molecule has 0 aromatic heterocycles. The molecule has 2 amide bonds. The van der Waals surface area contributed by atoms with E-state index >= 15 is 0 Å². The van der Waals surface area contributed by atoms with Gasteiger partial charge in [-0.05, 0) is 42.5 Å². The van der Waals surface area contributed by atoms with Gasteiger partial charge in [0.15, 0.2) is 0 Å². The monoisotopic (exact) mass is 445 g/mol. The van der Waals surface area contributed by atoms with Gasteiger partial charge in [-0.1, -0.05) is 56.3 Å². The van der Waals surface area contributed by atoms with Gasteiger partial charge >= 0.3 is 0 Å². The van der Waals surface area contributed by atoms with Crippen molar-refractivity contribution in [2.75, 3.05) is 44.2 Å². The van der Waals surface area contributed by atoms with Crippen LogP contribution in [0.5, 0.6) is 0 Å². The van der Waals surface area contributed by atoms with E-state index in [4.69, 9.17) is 0 Å². The predicted octanol–water partition coefficient (Wildman–Crippen LogP) is 4.04. The number of rotatable bonds is 5. The van der Waals surface area contributed by atoms with Gasteiger partial charge in [0, 0.05) is 56.8 Å². The summed E-state index contributed by atoms with van der Waals surface area (Å²) in [6.45, 7) is 8.89. The molecule has 2 aromatic carbocycles. The van der Waals surface area contributed by atoms with Crippen LogP contribution in [0.25, 0.3) is 0 Å². The minimum atomic E-state index is -0.313. The van der Waals surface area contributed by atoms with Crippen LogP contribution < -0.4 is 4.90 Å². The maximum Gasteiger partial charge on any atom is 0.233 e. The second kappa shape index (κ2) is 8.85. The van der Waals surface area contributed by atoms with E-state index in [0.29, 0.717) is 11.8 Å². The Kier molecular flexibility index (Phi) is 5.90. The molecule has 5 heteroatoms. The van der Waals surface area contributed by atoms with E-state index in [1.807, 2.05) is 18.7 Å². The molecular formula is C28H35N3O2. The van der Waals surface area contributed by atoms with E-state index in [1.165, 1.54) is 11.3 Å². The fourth-order valence-corrected chi connectivity index (χ4v) is 5.54. The summed E-state index contributed by atoms with van der Waals surface area (Å²) >= 11 is 0. The molecule has 1 unspecified atom stereocenters. The summed E-state index contributed by atoms with van der Waals surface area (Å²) in [5.41, 5.74) is 3.38. The lowest BCUT2D eigenvalue weighted by atomic mass is 9.93. The van der Waals surface area contributed by atoms with Gasteiger partial charge in [0.25, 0.3) is 0 Å². The number of anilines is 1. The average molecular weight is 446 g/mol. The highest BCUT2D eigenvalue weighted by atomic mass is 16.2. The maximum atomic E-state index is 13.5. The molecule has 1 saturated carbocycles. The quantitative estimate of drug-likeness (QED) is 0.698. The molecule has 2 heterocycles. The Morgan fingerprint density at radius 2 is 1.52 bits per heavy atom. The Balaban J connectivity index is 1.21. The first kappa shape index (κ1) is 22.0. The number of nitrogens with zero attached hydrogens (tertiary/aromatic N) is 3. The van der Waals surface area contributed by atoms with Crippen LogP contribution in [0.2, 0.25) is 0 Å². The predicted molar refractivity (Wildman–Crippen MR) is 131 cm³/mol. The number of amides is 2. The number of likely N-dealkylation sites (tertiary alicyclic amines) is 1. The summed E-state index contributed by atoms with van der Waals surface area (Å²) in [4.78, 5) is 32.2. The van der Waals surface area contributed by atoms with Crippen molar-refractivity contribution in [3.8, 4) is 0 Å². The third-order valence-electron chi connectivity index (χ3n) is 7.78. The standard InChI is InChI=1S/C28H35N3O2/c1-21(2)26(32)30-18-16-29(17-19-30)25-10-8-24(9-11-25)28(13-14-28)27(33)31-15-12-23(20-31)22-6-4-3-5-7-22/h3-11,21,23H,12-20H2,1-2H3. The molecule has 2 saturated heterocycles. The normalized spacial score (nSPS) is 22.0. The molecule has 3 fully saturated rings. The highest BCUT2D eigenvalue weighted by Crippen LogP contribution is 2.50. The van der Waals surface area contributed by atoms with E-state index in [9.17, 15) is 9.59 Å². The van der Waals surface area contributed by atoms with Crippen LogP contribution in [0.4, 0.5) is 5.69 Å². The van der Waals surface area contributed by atoms with Crippen molar-refractivity contribution in [2.24, 2.45) is 5.92 Å². The summed E-state index contributed by atoms with van der Waals surface area (Å²) in [6.07, 6.45) is 2.96. The molecule has 33 heavy (non-hydrogen) atoms. The highest BCUT2D eigenvalue weighted by Gasteiger charge is 2.53. The van der Waals surface area contributed by atoms with Crippen LogP contribution in [-0.4, -0.2) is 60.9 Å². The largest absolute Gasteiger partial charge is 0.368 e. The van der Waals surface area contributed by atoms with Crippen molar-refractivity contribution in [2.45, 2.75) is 44.4 Å². The molecule has 2 aliphatic heterocycles. The molecule has 1 aliphatic carbocycles. The van der Waals surface area contributed by atoms with E-state index in [-0.39, 0.29) is 17.2 Å². The van der Waals surface area contributed by atoms with E-state index in [0.717, 1.165) is 64.1 Å². The summed E-state index contributed by atoms with van der Waals surface area (Å²) < 4.78 is 0. The Morgan fingerprint density at radius 3 is 2.12 bits per heavy atom. The summed E-state index contributed by atoms with van der Waals surface area (Å²) in [6, 6.07) is 19.3. The van der Waals surface area contributed by atoms with Gasteiger partial charge in [-0.15, -0.1) is 0 Å².